The molecule has 1 saturated carbocycles. The molecule has 2 rings (SSSR count). The molecule has 0 aliphatic heterocycles. The standard InChI is InChI=1S/C13H12F3NO/c1-8-4-11(5-8)18-10-3-2-9(7-17)12(6-10)13(14,15)16/h2-3,6,8,11H,4-5H2,1H3. The van der Waals surface area contributed by atoms with E-state index in [2.05, 4.69) is 6.92 Å². The lowest BCUT2D eigenvalue weighted by molar-refractivity contribution is -0.138. The van der Waals surface area contributed by atoms with Gasteiger partial charge in [0.15, 0.2) is 0 Å². The average Bonchev–Trinajstić information content (AvgIpc) is 2.26. The molecule has 1 aromatic rings. The van der Waals surface area contributed by atoms with Gasteiger partial charge in [-0.15, -0.1) is 0 Å². The molecule has 0 N–H and O–H groups in total. The fraction of sp³-hybridized carbons (Fsp3) is 0.462. The van der Waals surface area contributed by atoms with Crippen molar-refractivity contribution >= 4 is 0 Å². The zero-order valence-electron chi connectivity index (χ0n) is 9.79. The van der Waals surface area contributed by atoms with E-state index in [0.717, 1.165) is 25.0 Å². The number of nitriles is 1. The van der Waals surface area contributed by atoms with E-state index in [1.54, 1.807) is 6.07 Å². The summed E-state index contributed by atoms with van der Waals surface area (Å²) in [6.07, 6.45) is -2.81. The highest BCUT2D eigenvalue weighted by Crippen LogP contribution is 2.36. The Kier molecular flexibility index (Phi) is 3.20. The van der Waals surface area contributed by atoms with Gasteiger partial charge in [0, 0.05) is 0 Å². The van der Waals surface area contributed by atoms with Crippen LogP contribution < -0.4 is 4.74 Å². The van der Waals surface area contributed by atoms with Crippen LogP contribution in [-0.2, 0) is 6.18 Å². The first-order valence-electron chi connectivity index (χ1n) is 5.68. The van der Waals surface area contributed by atoms with E-state index in [1.165, 1.54) is 6.07 Å². The summed E-state index contributed by atoms with van der Waals surface area (Å²) in [5.74, 6) is 0.744. The number of hydrogen-bond acceptors (Lipinski definition) is 2. The molecule has 1 aliphatic rings. The zero-order chi connectivity index (χ0) is 13.3. The Morgan fingerprint density at radius 2 is 2.00 bits per heavy atom. The van der Waals surface area contributed by atoms with Crippen LogP contribution in [0.5, 0.6) is 5.75 Å². The summed E-state index contributed by atoms with van der Waals surface area (Å²) >= 11 is 0. The van der Waals surface area contributed by atoms with Crippen molar-refractivity contribution in [3.8, 4) is 11.8 Å². The third-order valence-corrected chi connectivity index (χ3v) is 3.05. The van der Waals surface area contributed by atoms with Crippen molar-refractivity contribution in [2.24, 2.45) is 5.92 Å². The van der Waals surface area contributed by atoms with Crippen molar-refractivity contribution in [2.75, 3.05) is 0 Å². The number of halogens is 3. The van der Waals surface area contributed by atoms with Crippen molar-refractivity contribution < 1.29 is 17.9 Å². The van der Waals surface area contributed by atoms with Crippen molar-refractivity contribution in [2.45, 2.75) is 32.0 Å². The zero-order valence-corrected chi connectivity index (χ0v) is 9.79. The summed E-state index contributed by atoms with van der Waals surface area (Å²) in [5, 5.41) is 8.66. The minimum Gasteiger partial charge on any atom is -0.490 e. The van der Waals surface area contributed by atoms with Gasteiger partial charge in [0.25, 0.3) is 0 Å². The van der Waals surface area contributed by atoms with Crippen molar-refractivity contribution in [1.29, 1.82) is 5.26 Å². The van der Waals surface area contributed by atoms with Gasteiger partial charge in [0.2, 0.25) is 0 Å². The number of nitrogens with zero attached hydrogens (tertiary/aromatic N) is 1. The van der Waals surface area contributed by atoms with E-state index < -0.39 is 11.7 Å². The molecule has 0 saturated heterocycles. The second-order valence-corrected chi connectivity index (χ2v) is 4.63. The van der Waals surface area contributed by atoms with Crippen LogP contribution in [0.3, 0.4) is 0 Å². The predicted octanol–water partition coefficient (Wildman–Crippen LogP) is 3.75. The number of ether oxygens (including phenoxy) is 1. The van der Waals surface area contributed by atoms with Crippen LogP contribution in [0.15, 0.2) is 18.2 Å². The van der Waals surface area contributed by atoms with E-state index >= 15 is 0 Å². The van der Waals surface area contributed by atoms with Gasteiger partial charge in [-0.1, -0.05) is 6.92 Å². The van der Waals surface area contributed by atoms with Crippen molar-refractivity contribution in [3.63, 3.8) is 0 Å². The van der Waals surface area contributed by atoms with Crippen molar-refractivity contribution in [3.05, 3.63) is 29.3 Å². The van der Waals surface area contributed by atoms with Crippen LogP contribution in [0.1, 0.15) is 30.9 Å². The van der Waals surface area contributed by atoms with E-state index in [9.17, 15) is 13.2 Å². The molecule has 0 aromatic heterocycles. The highest BCUT2D eigenvalue weighted by Gasteiger charge is 2.34. The van der Waals surface area contributed by atoms with Gasteiger partial charge in [-0.2, -0.15) is 18.4 Å². The smallest absolute Gasteiger partial charge is 0.417 e. The quantitative estimate of drug-likeness (QED) is 0.806. The maximum Gasteiger partial charge on any atom is 0.417 e. The topological polar surface area (TPSA) is 33.0 Å². The van der Waals surface area contributed by atoms with Gasteiger partial charge in [-0.25, -0.2) is 0 Å². The molecule has 1 aromatic carbocycles. The summed E-state index contributed by atoms with van der Waals surface area (Å²) in [7, 11) is 0. The fourth-order valence-corrected chi connectivity index (χ4v) is 2.05. The monoisotopic (exact) mass is 255 g/mol. The van der Waals surface area contributed by atoms with Gasteiger partial charge < -0.3 is 4.74 Å². The molecule has 18 heavy (non-hydrogen) atoms. The van der Waals surface area contributed by atoms with Crippen LogP contribution in [0.25, 0.3) is 0 Å². The first-order chi connectivity index (χ1) is 8.40. The Bertz CT molecular complexity index is 484. The van der Waals surface area contributed by atoms with Gasteiger partial charge in [0.1, 0.15) is 5.75 Å². The average molecular weight is 255 g/mol. The molecule has 0 amide bonds. The molecule has 0 unspecified atom stereocenters. The van der Waals surface area contributed by atoms with Crippen LogP contribution in [0.2, 0.25) is 0 Å². The SMILES string of the molecule is CC1CC(Oc2ccc(C#N)c(C(F)(F)F)c2)C1. The molecule has 1 fully saturated rings. The molecule has 0 bridgehead atoms. The first-order valence-corrected chi connectivity index (χ1v) is 5.68. The molecule has 1 aliphatic carbocycles. The summed E-state index contributed by atoms with van der Waals surface area (Å²) in [6.45, 7) is 2.07. The first kappa shape index (κ1) is 12.7. The Labute approximate surface area is 103 Å². The fourth-order valence-electron chi connectivity index (χ4n) is 2.05. The molecule has 5 heteroatoms. The van der Waals surface area contributed by atoms with Gasteiger partial charge in [-0.05, 0) is 37.0 Å². The van der Waals surface area contributed by atoms with Gasteiger partial charge in [0.05, 0.1) is 23.3 Å². The molecule has 2 nitrogen and oxygen atoms in total. The molecule has 0 spiro atoms. The summed E-state index contributed by atoms with van der Waals surface area (Å²) in [4.78, 5) is 0. The minimum atomic E-state index is -4.53. The number of hydrogen-bond donors (Lipinski definition) is 0. The number of benzene rings is 1. The summed E-state index contributed by atoms with van der Waals surface area (Å²) in [6, 6.07) is 5.01. The lowest BCUT2D eigenvalue weighted by Gasteiger charge is -2.33. The molecule has 0 radical (unpaired) electrons. The van der Waals surface area contributed by atoms with Crippen LogP contribution >= 0.6 is 0 Å². The van der Waals surface area contributed by atoms with Gasteiger partial charge in [-0.3, -0.25) is 0 Å². The Morgan fingerprint density at radius 1 is 1.33 bits per heavy atom. The van der Waals surface area contributed by atoms with Gasteiger partial charge >= 0.3 is 6.18 Å². The van der Waals surface area contributed by atoms with Crippen LogP contribution in [0, 0.1) is 17.2 Å². The predicted molar refractivity (Wildman–Crippen MR) is 59.0 cm³/mol. The maximum atomic E-state index is 12.7. The van der Waals surface area contributed by atoms with E-state index in [-0.39, 0.29) is 17.4 Å². The van der Waals surface area contributed by atoms with Crippen LogP contribution in [-0.4, -0.2) is 6.10 Å². The molecular weight excluding hydrogens is 243 g/mol. The third-order valence-electron chi connectivity index (χ3n) is 3.05. The Morgan fingerprint density at radius 3 is 2.50 bits per heavy atom. The second-order valence-electron chi connectivity index (χ2n) is 4.63. The molecule has 96 valence electrons. The lowest BCUT2D eigenvalue weighted by Crippen LogP contribution is -2.32. The molecular formula is C13H12F3NO. The number of alkyl halides is 3. The van der Waals surface area contributed by atoms with E-state index in [1.807, 2.05) is 0 Å². The van der Waals surface area contributed by atoms with Crippen molar-refractivity contribution in [1.82, 2.24) is 0 Å². The number of rotatable bonds is 2. The normalized spacial score (nSPS) is 23.1. The molecule has 0 heterocycles. The maximum absolute atomic E-state index is 12.7. The Balaban J connectivity index is 2.21. The lowest BCUT2D eigenvalue weighted by atomic mass is 9.84. The highest BCUT2D eigenvalue weighted by atomic mass is 19.4. The minimum absolute atomic E-state index is 0.00554. The third kappa shape index (κ3) is 2.58. The highest BCUT2D eigenvalue weighted by molar-refractivity contribution is 5.44. The molecule has 0 atom stereocenters. The largest absolute Gasteiger partial charge is 0.490 e. The van der Waals surface area contributed by atoms with E-state index in [4.69, 9.17) is 10.00 Å². The summed E-state index contributed by atoms with van der Waals surface area (Å²) < 4.78 is 43.6. The second kappa shape index (κ2) is 4.52. The summed E-state index contributed by atoms with van der Waals surface area (Å²) in [5.41, 5.74) is -1.31. The Hall–Kier alpha value is -1.70. The van der Waals surface area contributed by atoms with Crippen LogP contribution in [0.4, 0.5) is 13.2 Å². The van der Waals surface area contributed by atoms with E-state index in [0.29, 0.717) is 5.92 Å².